The van der Waals surface area contributed by atoms with E-state index in [1.165, 1.54) is 12.4 Å². The van der Waals surface area contributed by atoms with Gasteiger partial charge in [0.25, 0.3) is 0 Å². The summed E-state index contributed by atoms with van der Waals surface area (Å²) in [5, 5.41) is 6.77. The molecule has 158 valence electrons. The van der Waals surface area contributed by atoms with Crippen molar-refractivity contribution < 1.29 is 27.4 Å². The van der Waals surface area contributed by atoms with E-state index in [-0.39, 0.29) is 12.0 Å². The summed E-state index contributed by atoms with van der Waals surface area (Å²) >= 11 is 0. The number of pyridine rings is 1. The van der Waals surface area contributed by atoms with Gasteiger partial charge in [0.2, 0.25) is 11.7 Å². The summed E-state index contributed by atoms with van der Waals surface area (Å²) in [5.74, 6) is 0.0181. The molecule has 3 heterocycles. The molecule has 4 rings (SSSR count). The second-order valence-corrected chi connectivity index (χ2v) is 7.05. The summed E-state index contributed by atoms with van der Waals surface area (Å²) in [5.41, 5.74) is 0.786. The number of benzene rings is 1. The number of aromatic nitrogens is 4. The maximum atomic E-state index is 12.7. The van der Waals surface area contributed by atoms with Crippen molar-refractivity contribution in [3.05, 3.63) is 65.4 Å². The Morgan fingerprint density at radius 1 is 1.23 bits per heavy atom. The monoisotopic (exact) mass is 420 g/mol. The lowest BCUT2D eigenvalue weighted by molar-refractivity contribution is -0.175. The Kier molecular flexibility index (Phi) is 5.20. The van der Waals surface area contributed by atoms with Crippen LogP contribution in [0.25, 0.3) is 0 Å². The molecule has 0 radical (unpaired) electrons. The number of H-pyrrole nitrogens is 1. The van der Waals surface area contributed by atoms with Gasteiger partial charge in [-0.1, -0.05) is 0 Å². The van der Waals surface area contributed by atoms with Gasteiger partial charge in [-0.15, -0.1) is 0 Å². The van der Waals surface area contributed by atoms with Gasteiger partial charge in [-0.25, -0.2) is 9.97 Å². The highest BCUT2D eigenvalue weighted by Gasteiger charge is 2.44. The van der Waals surface area contributed by atoms with Crippen molar-refractivity contribution in [1.29, 1.82) is 0 Å². The molecule has 0 aliphatic carbocycles. The topological polar surface area (TPSA) is 82.2 Å². The van der Waals surface area contributed by atoms with Crippen LogP contribution in [-0.2, 0) is 27.9 Å². The van der Waals surface area contributed by atoms with Gasteiger partial charge in [-0.3, -0.25) is 5.10 Å². The van der Waals surface area contributed by atoms with Crippen LogP contribution in [0.1, 0.15) is 29.4 Å². The van der Waals surface area contributed by atoms with Crippen molar-refractivity contribution in [1.82, 2.24) is 20.2 Å². The standard InChI is InChI=1S/C20H19F3N4O3/c1-12-7-15(29-18-6-3-14(9-24-18)20(21,22)23)4-5-16(12)19(28-10-13(2)30-19)8-17-25-11-26-27-17/h3-7,9,11,13H,8,10H2,1-2H3,(H,25,26,27). The first-order valence-electron chi connectivity index (χ1n) is 9.24. The molecule has 0 spiro atoms. The van der Waals surface area contributed by atoms with Crippen molar-refractivity contribution >= 4 is 0 Å². The highest BCUT2D eigenvalue weighted by atomic mass is 19.4. The molecular weight excluding hydrogens is 401 g/mol. The average molecular weight is 420 g/mol. The van der Waals surface area contributed by atoms with Gasteiger partial charge in [-0.2, -0.15) is 18.3 Å². The quantitative estimate of drug-likeness (QED) is 0.668. The minimum atomic E-state index is -4.44. The number of nitrogens with zero attached hydrogens (tertiary/aromatic N) is 3. The fraction of sp³-hybridized carbons (Fsp3) is 0.350. The van der Waals surface area contributed by atoms with Gasteiger partial charge in [-0.05, 0) is 43.7 Å². The van der Waals surface area contributed by atoms with Crippen molar-refractivity contribution in [2.45, 2.75) is 38.3 Å². The van der Waals surface area contributed by atoms with Crippen LogP contribution in [0, 0.1) is 6.92 Å². The minimum absolute atomic E-state index is 0.0626. The zero-order chi connectivity index (χ0) is 21.4. The molecule has 2 unspecified atom stereocenters. The molecule has 2 atom stereocenters. The number of hydrogen-bond donors (Lipinski definition) is 1. The van der Waals surface area contributed by atoms with Gasteiger partial charge in [0.1, 0.15) is 12.1 Å². The van der Waals surface area contributed by atoms with Gasteiger partial charge >= 0.3 is 6.18 Å². The first kappa shape index (κ1) is 20.3. The van der Waals surface area contributed by atoms with E-state index in [9.17, 15) is 13.2 Å². The molecule has 0 bridgehead atoms. The van der Waals surface area contributed by atoms with Crippen molar-refractivity contribution in [3.63, 3.8) is 0 Å². The Morgan fingerprint density at radius 3 is 2.63 bits per heavy atom. The number of halogens is 3. The number of aryl methyl sites for hydroxylation is 1. The van der Waals surface area contributed by atoms with Gasteiger partial charge < -0.3 is 14.2 Å². The van der Waals surface area contributed by atoms with Crippen LogP contribution in [0.2, 0.25) is 0 Å². The molecule has 1 N–H and O–H groups in total. The van der Waals surface area contributed by atoms with E-state index >= 15 is 0 Å². The third-order valence-electron chi connectivity index (χ3n) is 4.69. The second-order valence-electron chi connectivity index (χ2n) is 7.05. The summed E-state index contributed by atoms with van der Waals surface area (Å²) in [7, 11) is 0. The maximum absolute atomic E-state index is 12.7. The number of hydrogen-bond acceptors (Lipinski definition) is 6. The van der Waals surface area contributed by atoms with E-state index in [2.05, 4.69) is 20.2 Å². The molecule has 1 aliphatic rings. The van der Waals surface area contributed by atoms with Crippen LogP contribution >= 0.6 is 0 Å². The average Bonchev–Trinajstić information content (AvgIpc) is 3.32. The van der Waals surface area contributed by atoms with E-state index in [1.807, 2.05) is 13.8 Å². The molecule has 1 aliphatic heterocycles. The van der Waals surface area contributed by atoms with Gasteiger partial charge in [0.05, 0.1) is 24.7 Å². The first-order chi connectivity index (χ1) is 14.2. The van der Waals surface area contributed by atoms with Crippen molar-refractivity contribution in [3.8, 4) is 11.6 Å². The summed E-state index contributed by atoms with van der Waals surface area (Å²) in [6, 6.07) is 7.36. The molecule has 1 fully saturated rings. The molecule has 3 aromatic rings. The predicted molar refractivity (Wildman–Crippen MR) is 98.8 cm³/mol. The Labute approximate surface area is 170 Å². The summed E-state index contributed by atoms with van der Waals surface area (Å²) < 4.78 is 55.8. The SMILES string of the molecule is Cc1cc(Oc2ccc(C(F)(F)F)cn2)ccc1C1(Cc2nc[nH]n2)OCC(C)O1. The summed E-state index contributed by atoms with van der Waals surface area (Å²) in [4.78, 5) is 7.89. The van der Waals surface area contributed by atoms with Gasteiger partial charge in [0.15, 0.2) is 5.82 Å². The highest BCUT2D eigenvalue weighted by molar-refractivity contribution is 5.39. The largest absolute Gasteiger partial charge is 0.439 e. The molecule has 0 saturated carbocycles. The van der Waals surface area contributed by atoms with E-state index in [0.717, 1.165) is 23.4 Å². The lowest BCUT2D eigenvalue weighted by Gasteiger charge is -2.29. The molecule has 1 saturated heterocycles. The number of ether oxygens (including phenoxy) is 3. The Balaban J connectivity index is 1.57. The van der Waals surface area contributed by atoms with E-state index in [0.29, 0.717) is 24.6 Å². The lowest BCUT2D eigenvalue weighted by atomic mass is 9.96. The number of nitrogens with one attached hydrogen (secondary N) is 1. The maximum Gasteiger partial charge on any atom is 0.417 e. The molecule has 7 nitrogen and oxygen atoms in total. The third kappa shape index (κ3) is 4.14. The molecule has 2 aromatic heterocycles. The third-order valence-corrected chi connectivity index (χ3v) is 4.69. The van der Waals surface area contributed by atoms with Crippen molar-refractivity contribution in [2.24, 2.45) is 0 Å². The molecular formula is C20H19F3N4O3. The van der Waals surface area contributed by atoms with Crippen LogP contribution in [0.4, 0.5) is 13.2 Å². The number of alkyl halides is 3. The normalized spacial score (nSPS) is 21.7. The highest BCUT2D eigenvalue weighted by Crippen LogP contribution is 2.40. The molecule has 1 aromatic carbocycles. The van der Waals surface area contributed by atoms with E-state index < -0.39 is 17.5 Å². The fourth-order valence-corrected chi connectivity index (χ4v) is 3.36. The lowest BCUT2D eigenvalue weighted by Crippen LogP contribution is -2.32. The van der Waals surface area contributed by atoms with E-state index in [4.69, 9.17) is 14.2 Å². The number of aromatic amines is 1. The van der Waals surface area contributed by atoms with E-state index in [1.54, 1.807) is 18.2 Å². The van der Waals surface area contributed by atoms with Gasteiger partial charge in [0, 0.05) is 17.8 Å². The van der Waals surface area contributed by atoms with Crippen LogP contribution in [0.3, 0.4) is 0 Å². The van der Waals surface area contributed by atoms with Crippen LogP contribution < -0.4 is 4.74 Å². The smallest absolute Gasteiger partial charge is 0.417 e. The second kappa shape index (κ2) is 7.69. The Hall–Kier alpha value is -2.98. The molecule has 0 amide bonds. The van der Waals surface area contributed by atoms with Crippen LogP contribution in [0.15, 0.2) is 42.9 Å². The zero-order valence-corrected chi connectivity index (χ0v) is 16.2. The zero-order valence-electron chi connectivity index (χ0n) is 16.2. The van der Waals surface area contributed by atoms with Crippen LogP contribution in [0.5, 0.6) is 11.6 Å². The van der Waals surface area contributed by atoms with Crippen molar-refractivity contribution in [2.75, 3.05) is 6.61 Å². The fourth-order valence-electron chi connectivity index (χ4n) is 3.36. The summed E-state index contributed by atoms with van der Waals surface area (Å²) in [6.07, 6.45) is -2.00. The van der Waals surface area contributed by atoms with Crippen LogP contribution in [-0.4, -0.2) is 32.9 Å². The minimum Gasteiger partial charge on any atom is -0.439 e. The first-order valence-corrected chi connectivity index (χ1v) is 9.24. The summed E-state index contributed by atoms with van der Waals surface area (Å²) in [6.45, 7) is 4.22. The molecule has 10 heteroatoms. The number of rotatable bonds is 5. The Morgan fingerprint density at radius 2 is 2.07 bits per heavy atom. The molecule has 30 heavy (non-hydrogen) atoms. The Bertz CT molecular complexity index is 1010. The predicted octanol–water partition coefficient (Wildman–Crippen LogP) is 4.15.